The molecule has 1 fully saturated rings. The summed E-state index contributed by atoms with van der Waals surface area (Å²) in [5, 5.41) is 2.99. The van der Waals surface area contributed by atoms with Gasteiger partial charge < -0.3 is 10.2 Å². The van der Waals surface area contributed by atoms with Gasteiger partial charge in [-0.3, -0.25) is 9.59 Å². The Morgan fingerprint density at radius 1 is 1.45 bits per heavy atom. The van der Waals surface area contributed by atoms with Gasteiger partial charge in [-0.2, -0.15) is 13.2 Å². The van der Waals surface area contributed by atoms with Crippen molar-refractivity contribution in [1.29, 1.82) is 0 Å². The van der Waals surface area contributed by atoms with Crippen LogP contribution >= 0.6 is 11.3 Å². The number of piperidine rings is 1. The summed E-state index contributed by atoms with van der Waals surface area (Å²) in [6, 6.07) is 0. The minimum atomic E-state index is -4.53. The highest BCUT2D eigenvalue weighted by Crippen LogP contribution is 2.31. The van der Waals surface area contributed by atoms with Crippen molar-refractivity contribution in [2.45, 2.75) is 25.4 Å². The van der Waals surface area contributed by atoms with Gasteiger partial charge >= 0.3 is 6.18 Å². The molecule has 0 radical (unpaired) electrons. The van der Waals surface area contributed by atoms with E-state index >= 15 is 0 Å². The first-order chi connectivity index (χ1) is 9.36. The second-order valence-electron chi connectivity index (χ2n) is 4.36. The molecule has 0 bridgehead atoms. The number of alkyl halides is 3. The molecule has 5 nitrogen and oxygen atoms in total. The maximum atomic E-state index is 12.3. The van der Waals surface area contributed by atoms with Crippen LogP contribution in [0, 0.1) is 0 Å². The van der Waals surface area contributed by atoms with E-state index in [0.29, 0.717) is 24.3 Å². The summed E-state index contributed by atoms with van der Waals surface area (Å²) >= 11 is 0.701. The van der Waals surface area contributed by atoms with Gasteiger partial charge in [-0.15, -0.1) is 11.3 Å². The fourth-order valence-electron chi connectivity index (χ4n) is 1.82. The van der Waals surface area contributed by atoms with Gasteiger partial charge in [0.2, 0.25) is 11.8 Å². The third-order valence-corrected chi connectivity index (χ3v) is 3.55. The molecule has 1 aliphatic heterocycles. The molecule has 0 aliphatic carbocycles. The second kappa shape index (κ2) is 5.78. The van der Waals surface area contributed by atoms with Crippen LogP contribution in [0.4, 0.5) is 18.3 Å². The molecule has 9 heteroatoms. The fourth-order valence-corrected chi connectivity index (χ4v) is 2.56. The first kappa shape index (κ1) is 14.8. The van der Waals surface area contributed by atoms with Crippen LogP contribution in [-0.2, 0) is 15.8 Å². The van der Waals surface area contributed by atoms with Crippen LogP contribution in [0.5, 0.6) is 0 Å². The van der Waals surface area contributed by atoms with E-state index in [1.165, 1.54) is 4.90 Å². The van der Waals surface area contributed by atoms with Gasteiger partial charge in [0.05, 0.1) is 6.54 Å². The average molecular weight is 307 g/mol. The van der Waals surface area contributed by atoms with Crippen LogP contribution in [0.1, 0.15) is 25.0 Å². The third kappa shape index (κ3) is 3.69. The van der Waals surface area contributed by atoms with E-state index in [0.717, 1.165) is 18.2 Å². The molecule has 1 aliphatic rings. The lowest BCUT2D eigenvalue weighted by molar-refractivity contribution is -0.140. The van der Waals surface area contributed by atoms with E-state index < -0.39 is 17.8 Å². The number of halogens is 3. The predicted molar refractivity (Wildman–Crippen MR) is 66.2 cm³/mol. The van der Waals surface area contributed by atoms with Crippen LogP contribution in [0.2, 0.25) is 0 Å². The normalized spacial score (nSPS) is 16.4. The fraction of sp³-hybridized carbons (Fsp3) is 0.545. The molecule has 2 heterocycles. The topological polar surface area (TPSA) is 62.3 Å². The third-order valence-electron chi connectivity index (χ3n) is 2.80. The molecule has 110 valence electrons. The van der Waals surface area contributed by atoms with Crippen molar-refractivity contribution in [3.63, 3.8) is 0 Å². The molecule has 0 spiro atoms. The Morgan fingerprint density at radius 2 is 2.20 bits per heavy atom. The zero-order valence-electron chi connectivity index (χ0n) is 10.4. The maximum absolute atomic E-state index is 12.3. The number of hydrogen-bond donors (Lipinski definition) is 1. The molecule has 20 heavy (non-hydrogen) atoms. The first-order valence-corrected chi connectivity index (χ1v) is 6.84. The number of thiazole rings is 1. The van der Waals surface area contributed by atoms with Gasteiger partial charge in [-0.1, -0.05) is 0 Å². The monoisotopic (exact) mass is 307 g/mol. The zero-order chi connectivity index (χ0) is 14.8. The Labute approximate surface area is 116 Å². The van der Waals surface area contributed by atoms with Crippen molar-refractivity contribution >= 4 is 28.3 Å². The SMILES string of the molecule is O=C(CN1CCCCC1=O)Nc1nc(C(F)(F)F)cs1. The molecule has 0 atom stereocenters. The van der Waals surface area contributed by atoms with Crippen molar-refractivity contribution in [2.24, 2.45) is 0 Å². The summed E-state index contributed by atoms with van der Waals surface area (Å²) in [6.45, 7) is 0.345. The molecule has 1 N–H and O–H groups in total. The first-order valence-electron chi connectivity index (χ1n) is 5.96. The van der Waals surface area contributed by atoms with Gasteiger partial charge in [0.25, 0.3) is 0 Å². The van der Waals surface area contributed by atoms with E-state index in [1.54, 1.807) is 0 Å². The largest absolute Gasteiger partial charge is 0.434 e. The number of nitrogens with zero attached hydrogens (tertiary/aromatic N) is 2. The summed E-state index contributed by atoms with van der Waals surface area (Å²) in [6.07, 6.45) is -2.49. The van der Waals surface area contributed by atoms with E-state index in [-0.39, 0.29) is 17.6 Å². The number of carbonyl (C=O) groups excluding carboxylic acids is 2. The van der Waals surface area contributed by atoms with E-state index in [2.05, 4.69) is 10.3 Å². The quantitative estimate of drug-likeness (QED) is 0.930. The van der Waals surface area contributed by atoms with Gasteiger partial charge in [0.15, 0.2) is 10.8 Å². The van der Waals surface area contributed by atoms with Crippen LogP contribution in [0.15, 0.2) is 5.38 Å². The van der Waals surface area contributed by atoms with E-state index in [1.807, 2.05) is 0 Å². The molecule has 1 aromatic rings. The molecular formula is C11H12F3N3O2S. The van der Waals surface area contributed by atoms with Crippen LogP contribution in [-0.4, -0.2) is 34.8 Å². The summed E-state index contributed by atoms with van der Waals surface area (Å²) in [4.78, 5) is 27.9. The lowest BCUT2D eigenvalue weighted by atomic mass is 10.1. The lowest BCUT2D eigenvalue weighted by Crippen LogP contribution is -2.40. The second-order valence-corrected chi connectivity index (χ2v) is 5.21. The maximum Gasteiger partial charge on any atom is 0.434 e. The van der Waals surface area contributed by atoms with Crippen molar-refractivity contribution < 1.29 is 22.8 Å². The highest BCUT2D eigenvalue weighted by molar-refractivity contribution is 7.13. The Hall–Kier alpha value is -1.64. The van der Waals surface area contributed by atoms with Crippen molar-refractivity contribution in [3.05, 3.63) is 11.1 Å². The van der Waals surface area contributed by atoms with Crippen molar-refractivity contribution in [2.75, 3.05) is 18.4 Å². The van der Waals surface area contributed by atoms with Gasteiger partial charge in [-0.25, -0.2) is 4.98 Å². The van der Waals surface area contributed by atoms with Crippen LogP contribution in [0.3, 0.4) is 0 Å². The Bertz CT molecular complexity index is 515. The molecule has 2 rings (SSSR count). The summed E-state index contributed by atoms with van der Waals surface area (Å²) < 4.78 is 37.0. The van der Waals surface area contributed by atoms with Crippen LogP contribution in [0.25, 0.3) is 0 Å². The minimum Gasteiger partial charge on any atom is -0.333 e. The van der Waals surface area contributed by atoms with Gasteiger partial charge in [0, 0.05) is 18.3 Å². The molecule has 0 unspecified atom stereocenters. The van der Waals surface area contributed by atoms with Crippen molar-refractivity contribution in [3.8, 4) is 0 Å². The number of nitrogens with one attached hydrogen (secondary N) is 1. The molecule has 1 saturated heterocycles. The molecule has 2 amide bonds. The number of likely N-dealkylation sites (tertiary alicyclic amines) is 1. The number of anilines is 1. The van der Waals surface area contributed by atoms with Gasteiger partial charge in [0.1, 0.15) is 0 Å². The van der Waals surface area contributed by atoms with E-state index in [4.69, 9.17) is 0 Å². The molecule has 0 saturated carbocycles. The van der Waals surface area contributed by atoms with Gasteiger partial charge in [-0.05, 0) is 12.8 Å². The summed E-state index contributed by atoms with van der Waals surface area (Å²) in [7, 11) is 0. The Kier molecular flexibility index (Phi) is 4.26. The number of carbonyl (C=O) groups is 2. The average Bonchev–Trinajstić information content (AvgIpc) is 2.80. The highest BCUT2D eigenvalue weighted by atomic mass is 32.1. The number of aromatic nitrogens is 1. The predicted octanol–water partition coefficient (Wildman–Crippen LogP) is 2.11. The molecule has 0 aromatic carbocycles. The Balaban J connectivity index is 1.91. The zero-order valence-corrected chi connectivity index (χ0v) is 11.2. The summed E-state index contributed by atoms with van der Waals surface area (Å²) in [5.74, 6) is -0.648. The number of hydrogen-bond acceptors (Lipinski definition) is 4. The van der Waals surface area contributed by atoms with Crippen molar-refractivity contribution in [1.82, 2.24) is 9.88 Å². The molecule has 1 aromatic heterocycles. The smallest absolute Gasteiger partial charge is 0.333 e. The lowest BCUT2D eigenvalue weighted by Gasteiger charge is -2.25. The van der Waals surface area contributed by atoms with Crippen LogP contribution < -0.4 is 5.32 Å². The number of amides is 2. The highest BCUT2D eigenvalue weighted by Gasteiger charge is 2.34. The minimum absolute atomic E-state index is 0.110. The summed E-state index contributed by atoms with van der Waals surface area (Å²) in [5.41, 5.74) is -1.04. The number of rotatable bonds is 3. The standard InChI is InChI=1S/C11H12F3N3O2S/c12-11(13,14)7-6-20-10(15-7)16-8(18)5-17-4-2-1-3-9(17)19/h6H,1-5H2,(H,15,16,18). The molecular weight excluding hydrogens is 295 g/mol. The Morgan fingerprint density at radius 3 is 2.80 bits per heavy atom. The van der Waals surface area contributed by atoms with E-state index in [9.17, 15) is 22.8 Å².